The summed E-state index contributed by atoms with van der Waals surface area (Å²) in [5.74, 6) is 0.744. The third kappa shape index (κ3) is 4.46. The van der Waals surface area contributed by atoms with Crippen LogP contribution in [0, 0.1) is 19.1 Å². The molecule has 6 aromatic rings. The fourth-order valence-electron chi connectivity index (χ4n) is 5.05. The predicted molar refractivity (Wildman–Crippen MR) is 147 cm³/mol. The van der Waals surface area contributed by atoms with Gasteiger partial charge in [-0.1, -0.05) is 72.8 Å². The van der Waals surface area contributed by atoms with E-state index in [4.69, 9.17) is 4.98 Å². The number of imidazole rings is 1. The molecule has 2 aromatic heterocycles. The van der Waals surface area contributed by atoms with Crippen LogP contribution in [0.15, 0.2) is 97.1 Å². The van der Waals surface area contributed by atoms with Crippen molar-refractivity contribution >= 4 is 27.8 Å². The van der Waals surface area contributed by atoms with Crippen LogP contribution < -0.4 is 5.32 Å². The van der Waals surface area contributed by atoms with Gasteiger partial charge in [-0.05, 0) is 54.8 Å². The maximum absolute atomic E-state index is 13.6. The maximum Gasteiger partial charge on any atom is 0.225 e. The largest absolute Gasteiger partial charge is 0.358 e. The standard InChI is InChI=1S/C32H26N4O/c1-22-26(25-16-8-9-17-27(25)33-22)21-31(37)34-29(20-23-12-4-2-5-13-23)32-35-28-18-10-11-19-30(28)36(32)24-14-6-3-7-15-24/h2,4-6,8-19,29,33H,20-21H2,1H3,(H,34,37)/t29-/m0/s1. The quantitative estimate of drug-likeness (QED) is 0.291. The monoisotopic (exact) mass is 482 g/mol. The maximum atomic E-state index is 13.6. The summed E-state index contributed by atoms with van der Waals surface area (Å²) in [6, 6.07) is 37.8. The Labute approximate surface area is 215 Å². The molecule has 5 heteroatoms. The van der Waals surface area contributed by atoms with Crippen molar-refractivity contribution in [3.63, 3.8) is 0 Å². The highest BCUT2D eigenvalue weighted by atomic mass is 16.1. The van der Waals surface area contributed by atoms with Crippen molar-refractivity contribution < 1.29 is 4.79 Å². The number of carbonyl (C=O) groups excluding carboxylic acids is 1. The summed E-state index contributed by atoms with van der Waals surface area (Å²) >= 11 is 0. The second-order valence-electron chi connectivity index (χ2n) is 9.25. The molecule has 0 aliphatic rings. The molecule has 0 saturated carbocycles. The Kier molecular flexibility index (Phi) is 5.92. The minimum atomic E-state index is -0.336. The van der Waals surface area contributed by atoms with Crippen molar-refractivity contribution in [2.45, 2.75) is 25.8 Å². The Hall–Kier alpha value is -4.82. The number of rotatable bonds is 7. The first kappa shape index (κ1) is 22.6. The van der Waals surface area contributed by atoms with Gasteiger partial charge in [0.15, 0.2) is 0 Å². The van der Waals surface area contributed by atoms with E-state index in [9.17, 15) is 4.79 Å². The normalized spacial score (nSPS) is 11.9. The number of nitrogens with zero attached hydrogens (tertiary/aromatic N) is 2. The molecular weight excluding hydrogens is 456 g/mol. The van der Waals surface area contributed by atoms with Crippen LogP contribution >= 0.6 is 0 Å². The number of carbonyl (C=O) groups is 1. The Balaban J connectivity index is 1.41. The van der Waals surface area contributed by atoms with Gasteiger partial charge in [-0.3, -0.25) is 9.36 Å². The second kappa shape index (κ2) is 9.67. The Bertz CT molecular complexity index is 1680. The number of aryl methyl sites for hydroxylation is 1. The summed E-state index contributed by atoms with van der Waals surface area (Å²) in [5.41, 5.74) is 7.00. The van der Waals surface area contributed by atoms with Gasteiger partial charge in [0.2, 0.25) is 5.91 Å². The zero-order chi connectivity index (χ0) is 25.2. The van der Waals surface area contributed by atoms with Crippen LogP contribution in [-0.4, -0.2) is 20.4 Å². The van der Waals surface area contributed by atoms with E-state index < -0.39 is 0 Å². The fraction of sp³-hybridized carbons (Fsp3) is 0.125. The molecule has 0 aliphatic carbocycles. The van der Waals surface area contributed by atoms with Crippen molar-refractivity contribution in [2.24, 2.45) is 0 Å². The average molecular weight is 483 g/mol. The molecule has 0 bridgehead atoms. The first-order chi connectivity index (χ1) is 18.2. The number of H-pyrrole nitrogens is 1. The lowest BCUT2D eigenvalue weighted by molar-refractivity contribution is -0.121. The molecule has 1 amide bonds. The summed E-state index contributed by atoms with van der Waals surface area (Å²) in [6.45, 7) is 2.02. The topological polar surface area (TPSA) is 62.7 Å². The summed E-state index contributed by atoms with van der Waals surface area (Å²) in [7, 11) is 0. The smallest absolute Gasteiger partial charge is 0.225 e. The zero-order valence-electron chi connectivity index (χ0n) is 20.5. The molecule has 180 valence electrons. The van der Waals surface area contributed by atoms with E-state index in [1.54, 1.807) is 0 Å². The van der Waals surface area contributed by atoms with Gasteiger partial charge in [-0.2, -0.15) is 0 Å². The van der Waals surface area contributed by atoms with E-state index in [1.807, 2.05) is 79.7 Å². The van der Waals surface area contributed by atoms with Crippen molar-refractivity contribution in [3.05, 3.63) is 132 Å². The molecule has 0 spiro atoms. The van der Waals surface area contributed by atoms with Crippen molar-refractivity contribution in [2.75, 3.05) is 0 Å². The van der Waals surface area contributed by atoms with E-state index in [2.05, 4.69) is 51.3 Å². The average Bonchev–Trinajstić information content (AvgIpc) is 3.47. The van der Waals surface area contributed by atoms with Gasteiger partial charge in [-0.15, -0.1) is 0 Å². The van der Waals surface area contributed by atoms with Crippen LogP contribution in [0.4, 0.5) is 0 Å². The van der Waals surface area contributed by atoms with Gasteiger partial charge < -0.3 is 10.3 Å². The molecule has 1 atom stereocenters. The molecular formula is C32H26N4O. The molecule has 2 N–H and O–H groups in total. The van der Waals surface area contributed by atoms with Crippen molar-refractivity contribution in [1.29, 1.82) is 0 Å². The van der Waals surface area contributed by atoms with Crippen LogP contribution in [0.2, 0.25) is 0 Å². The molecule has 6 rings (SSSR count). The molecule has 0 radical (unpaired) electrons. The van der Waals surface area contributed by atoms with Gasteiger partial charge >= 0.3 is 0 Å². The van der Waals surface area contributed by atoms with Gasteiger partial charge in [0.1, 0.15) is 5.82 Å². The molecule has 0 saturated heterocycles. The lowest BCUT2D eigenvalue weighted by Gasteiger charge is -2.20. The molecule has 4 aromatic carbocycles. The molecule has 5 nitrogen and oxygen atoms in total. The minimum Gasteiger partial charge on any atom is -0.358 e. The van der Waals surface area contributed by atoms with Crippen LogP contribution in [0.1, 0.15) is 28.7 Å². The molecule has 0 fully saturated rings. The Morgan fingerprint density at radius 3 is 2.59 bits per heavy atom. The van der Waals surface area contributed by atoms with Gasteiger partial charge in [0.05, 0.1) is 29.2 Å². The Morgan fingerprint density at radius 2 is 1.76 bits per heavy atom. The lowest BCUT2D eigenvalue weighted by Crippen LogP contribution is -2.33. The van der Waals surface area contributed by atoms with Gasteiger partial charge in [0, 0.05) is 22.7 Å². The zero-order valence-corrected chi connectivity index (χ0v) is 20.5. The van der Waals surface area contributed by atoms with Crippen LogP contribution in [0.25, 0.3) is 27.6 Å². The van der Waals surface area contributed by atoms with Crippen LogP contribution in [0.5, 0.6) is 0 Å². The number of para-hydroxylation sites is 3. The summed E-state index contributed by atoms with van der Waals surface area (Å²) in [4.78, 5) is 22.0. The first-order valence-electron chi connectivity index (χ1n) is 12.4. The third-order valence-electron chi connectivity index (χ3n) is 6.78. The summed E-state index contributed by atoms with van der Waals surface area (Å²) in [6.07, 6.45) is 0.904. The minimum absolute atomic E-state index is 0.0413. The predicted octanol–water partition coefficient (Wildman–Crippen LogP) is 6.06. The lowest BCUT2D eigenvalue weighted by atomic mass is 10.0. The molecule has 2 heterocycles. The number of nitrogens with one attached hydrogen (secondary N) is 2. The van der Waals surface area contributed by atoms with E-state index in [-0.39, 0.29) is 18.4 Å². The van der Waals surface area contributed by atoms with Crippen LogP contribution in [-0.2, 0) is 17.6 Å². The highest BCUT2D eigenvalue weighted by Crippen LogP contribution is 2.28. The number of aromatic amines is 1. The number of amides is 1. The summed E-state index contributed by atoms with van der Waals surface area (Å²) in [5, 5.41) is 4.41. The fourth-order valence-corrected chi connectivity index (χ4v) is 5.05. The van der Waals surface area contributed by atoms with Crippen molar-refractivity contribution in [3.8, 4) is 5.69 Å². The van der Waals surface area contributed by atoms with Crippen molar-refractivity contribution in [1.82, 2.24) is 19.9 Å². The third-order valence-corrected chi connectivity index (χ3v) is 6.78. The second-order valence-corrected chi connectivity index (χ2v) is 9.25. The van der Waals surface area contributed by atoms with E-state index in [1.165, 1.54) is 0 Å². The molecule has 0 aliphatic heterocycles. The number of benzene rings is 3. The number of hydrogen-bond acceptors (Lipinski definition) is 2. The van der Waals surface area contributed by atoms with Crippen LogP contribution in [0.3, 0.4) is 0 Å². The number of aromatic nitrogens is 3. The highest BCUT2D eigenvalue weighted by Gasteiger charge is 2.24. The molecule has 37 heavy (non-hydrogen) atoms. The first-order valence-corrected chi connectivity index (χ1v) is 12.4. The molecule has 0 unspecified atom stereocenters. The SMILES string of the molecule is Cc1[nH]c2ccccc2c1CC(=O)N[C@@H](Cc1ccccc1)c1nc2ccccc2n1-c1cc#ccc1. The van der Waals surface area contributed by atoms with E-state index in [0.29, 0.717) is 6.42 Å². The Morgan fingerprint density at radius 1 is 0.973 bits per heavy atom. The van der Waals surface area contributed by atoms with Gasteiger partial charge in [-0.25, -0.2) is 4.98 Å². The summed E-state index contributed by atoms with van der Waals surface area (Å²) < 4.78 is 2.12. The van der Waals surface area contributed by atoms with E-state index in [0.717, 1.165) is 50.3 Å². The number of fused-ring (bicyclic) bond motifs is 2. The highest BCUT2D eigenvalue weighted by molar-refractivity contribution is 5.90. The number of hydrogen-bond donors (Lipinski definition) is 2. The van der Waals surface area contributed by atoms with Gasteiger partial charge in [0.25, 0.3) is 0 Å². The van der Waals surface area contributed by atoms with E-state index >= 15 is 0 Å².